The van der Waals surface area contributed by atoms with Crippen molar-refractivity contribution in [3.8, 4) is 6.07 Å². The fraction of sp³-hybridized carbons (Fsp3) is 0.267. The van der Waals surface area contributed by atoms with Crippen LogP contribution in [-0.4, -0.2) is 35.6 Å². The van der Waals surface area contributed by atoms with Crippen molar-refractivity contribution in [2.75, 3.05) is 18.9 Å². The van der Waals surface area contributed by atoms with Crippen LogP contribution in [0.3, 0.4) is 0 Å². The summed E-state index contributed by atoms with van der Waals surface area (Å²) < 4.78 is 0. The minimum atomic E-state index is -1.01. The van der Waals surface area contributed by atoms with Gasteiger partial charge in [-0.15, -0.1) is 0 Å². The Kier molecular flexibility index (Phi) is 5.96. The molecule has 0 radical (unpaired) electrons. The standard InChI is InChI=1S/C15H17N3O3/c1-11(9-16)10-18(2)15(21)17-13-6-3-12(4-7-13)5-8-14(19)20/h3-8,11H,10H2,1-2H3,(H,17,21)(H,19,20). The van der Waals surface area contributed by atoms with Gasteiger partial charge in [-0.1, -0.05) is 12.1 Å². The Morgan fingerprint density at radius 1 is 1.43 bits per heavy atom. The molecule has 1 atom stereocenters. The average Bonchev–Trinajstić information content (AvgIpc) is 2.46. The number of nitrogens with zero attached hydrogens (tertiary/aromatic N) is 2. The molecule has 0 spiro atoms. The Labute approximate surface area is 123 Å². The minimum absolute atomic E-state index is 0.232. The maximum absolute atomic E-state index is 11.9. The highest BCUT2D eigenvalue weighted by molar-refractivity contribution is 5.89. The molecule has 21 heavy (non-hydrogen) atoms. The van der Waals surface area contributed by atoms with E-state index in [9.17, 15) is 9.59 Å². The molecule has 110 valence electrons. The van der Waals surface area contributed by atoms with Gasteiger partial charge in [0.15, 0.2) is 0 Å². The third-order valence-corrected chi connectivity index (χ3v) is 2.70. The van der Waals surface area contributed by atoms with Crippen molar-refractivity contribution < 1.29 is 14.7 Å². The van der Waals surface area contributed by atoms with Gasteiger partial charge in [-0.2, -0.15) is 5.26 Å². The van der Waals surface area contributed by atoms with Crippen LogP contribution in [0.2, 0.25) is 0 Å². The fourth-order valence-electron chi connectivity index (χ4n) is 1.60. The van der Waals surface area contributed by atoms with Gasteiger partial charge in [-0.05, 0) is 30.7 Å². The second-order valence-corrected chi connectivity index (χ2v) is 4.63. The molecule has 6 nitrogen and oxygen atoms in total. The number of amides is 2. The number of carbonyl (C=O) groups excluding carboxylic acids is 1. The number of nitriles is 1. The lowest BCUT2D eigenvalue weighted by Crippen LogP contribution is -2.34. The summed E-state index contributed by atoms with van der Waals surface area (Å²) in [6.07, 6.45) is 2.51. The molecule has 1 rings (SSSR count). The Morgan fingerprint density at radius 2 is 2.05 bits per heavy atom. The Balaban J connectivity index is 2.61. The zero-order chi connectivity index (χ0) is 15.8. The lowest BCUT2D eigenvalue weighted by molar-refractivity contribution is -0.131. The van der Waals surface area contributed by atoms with E-state index >= 15 is 0 Å². The summed E-state index contributed by atoms with van der Waals surface area (Å²) in [6, 6.07) is 8.53. The molecule has 0 heterocycles. The SMILES string of the molecule is CC(C#N)CN(C)C(=O)Nc1ccc(C=CC(=O)O)cc1. The van der Waals surface area contributed by atoms with E-state index in [1.807, 2.05) is 0 Å². The van der Waals surface area contributed by atoms with Crippen LogP contribution in [0.1, 0.15) is 12.5 Å². The highest BCUT2D eigenvalue weighted by Crippen LogP contribution is 2.11. The van der Waals surface area contributed by atoms with Crippen LogP contribution in [-0.2, 0) is 4.79 Å². The summed E-state index contributed by atoms with van der Waals surface area (Å²) >= 11 is 0. The number of urea groups is 1. The largest absolute Gasteiger partial charge is 0.478 e. The first kappa shape index (κ1) is 16.2. The lowest BCUT2D eigenvalue weighted by atomic mass is 10.2. The summed E-state index contributed by atoms with van der Waals surface area (Å²) in [6.45, 7) is 2.09. The van der Waals surface area contributed by atoms with E-state index in [2.05, 4.69) is 11.4 Å². The number of carbonyl (C=O) groups is 2. The molecule has 0 aliphatic heterocycles. The molecule has 1 aromatic rings. The molecular formula is C15H17N3O3. The Hall–Kier alpha value is -2.81. The first-order valence-electron chi connectivity index (χ1n) is 6.35. The number of hydrogen-bond acceptors (Lipinski definition) is 3. The second-order valence-electron chi connectivity index (χ2n) is 4.63. The number of hydrogen-bond donors (Lipinski definition) is 2. The second kappa shape index (κ2) is 7.70. The van der Waals surface area contributed by atoms with Crippen LogP contribution in [0.5, 0.6) is 0 Å². The molecule has 6 heteroatoms. The summed E-state index contributed by atoms with van der Waals surface area (Å²) in [4.78, 5) is 23.7. The van der Waals surface area contributed by atoms with E-state index in [4.69, 9.17) is 10.4 Å². The molecule has 1 unspecified atom stereocenters. The van der Waals surface area contributed by atoms with Crippen molar-refractivity contribution in [2.24, 2.45) is 5.92 Å². The molecular weight excluding hydrogens is 270 g/mol. The molecule has 0 aromatic heterocycles. The Morgan fingerprint density at radius 3 is 2.57 bits per heavy atom. The zero-order valence-electron chi connectivity index (χ0n) is 11.9. The van der Waals surface area contributed by atoms with Crippen molar-refractivity contribution in [2.45, 2.75) is 6.92 Å². The highest BCUT2D eigenvalue weighted by Gasteiger charge is 2.11. The number of carboxylic acid groups (broad SMARTS) is 1. The smallest absolute Gasteiger partial charge is 0.328 e. The third-order valence-electron chi connectivity index (χ3n) is 2.70. The van der Waals surface area contributed by atoms with Gasteiger partial charge < -0.3 is 15.3 Å². The van der Waals surface area contributed by atoms with E-state index in [1.165, 1.54) is 11.0 Å². The van der Waals surface area contributed by atoms with Crippen molar-refractivity contribution >= 4 is 23.8 Å². The number of anilines is 1. The van der Waals surface area contributed by atoms with Gasteiger partial charge in [0.1, 0.15) is 0 Å². The molecule has 1 aromatic carbocycles. The Bertz CT molecular complexity index is 573. The lowest BCUT2D eigenvalue weighted by Gasteiger charge is -2.18. The van der Waals surface area contributed by atoms with Crippen LogP contribution in [0.15, 0.2) is 30.3 Å². The molecule has 0 fully saturated rings. The maximum atomic E-state index is 11.9. The van der Waals surface area contributed by atoms with Gasteiger partial charge in [-0.25, -0.2) is 9.59 Å². The fourth-order valence-corrected chi connectivity index (χ4v) is 1.60. The summed E-state index contributed by atoms with van der Waals surface area (Å²) in [7, 11) is 1.62. The predicted octanol–water partition coefficient (Wildman–Crippen LogP) is 2.41. The van der Waals surface area contributed by atoms with Crippen molar-refractivity contribution in [1.82, 2.24) is 4.90 Å². The number of nitrogens with one attached hydrogen (secondary N) is 1. The van der Waals surface area contributed by atoms with E-state index in [0.29, 0.717) is 12.2 Å². The van der Waals surface area contributed by atoms with Crippen LogP contribution < -0.4 is 5.32 Å². The van der Waals surface area contributed by atoms with Crippen LogP contribution >= 0.6 is 0 Å². The molecule has 0 bridgehead atoms. The normalized spacial score (nSPS) is 11.7. The maximum Gasteiger partial charge on any atom is 0.328 e. The molecule has 0 aliphatic carbocycles. The van der Waals surface area contributed by atoms with E-state index in [-0.39, 0.29) is 11.9 Å². The molecule has 0 saturated carbocycles. The first-order chi connectivity index (χ1) is 9.92. The van der Waals surface area contributed by atoms with Crippen LogP contribution in [0.25, 0.3) is 6.08 Å². The number of benzene rings is 1. The van der Waals surface area contributed by atoms with Gasteiger partial charge in [0, 0.05) is 25.4 Å². The summed E-state index contributed by atoms with van der Waals surface area (Å²) in [5.74, 6) is -1.25. The zero-order valence-corrected chi connectivity index (χ0v) is 11.9. The first-order valence-corrected chi connectivity index (χ1v) is 6.35. The van der Waals surface area contributed by atoms with Crippen molar-refractivity contribution in [3.05, 3.63) is 35.9 Å². The van der Waals surface area contributed by atoms with E-state index in [1.54, 1.807) is 38.2 Å². The summed E-state index contributed by atoms with van der Waals surface area (Å²) in [5, 5.41) is 19.9. The average molecular weight is 287 g/mol. The van der Waals surface area contributed by atoms with Crippen molar-refractivity contribution in [1.29, 1.82) is 5.26 Å². The van der Waals surface area contributed by atoms with Gasteiger partial charge in [-0.3, -0.25) is 0 Å². The van der Waals surface area contributed by atoms with Crippen molar-refractivity contribution in [3.63, 3.8) is 0 Å². The van der Waals surface area contributed by atoms with E-state index < -0.39 is 5.97 Å². The molecule has 2 N–H and O–H groups in total. The molecule has 2 amide bonds. The molecule has 0 aliphatic rings. The van der Waals surface area contributed by atoms with Gasteiger partial charge in [0.25, 0.3) is 0 Å². The van der Waals surface area contributed by atoms with Gasteiger partial charge >= 0.3 is 12.0 Å². The monoisotopic (exact) mass is 287 g/mol. The van der Waals surface area contributed by atoms with Gasteiger partial charge in [0.2, 0.25) is 0 Å². The number of carboxylic acids is 1. The van der Waals surface area contributed by atoms with Crippen LogP contribution in [0.4, 0.5) is 10.5 Å². The number of aliphatic carboxylic acids is 1. The van der Waals surface area contributed by atoms with Gasteiger partial charge in [0.05, 0.1) is 12.0 Å². The summed E-state index contributed by atoms with van der Waals surface area (Å²) in [5.41, 5.74) is 1.32. The predicted molar refractivity (Wildman–Crippen MR) is 79.5 cm³/mol. The third kappa shape index (κ3) is 5.78. The van der Waals surface area contributed by atoms with E-state index in [0.717, 1.165) is 11.6 Å². The highest BCUT2D eigenvalue weighted by atomic mass is 16.4. The number of rotatable bonds is 5. The minimum Gasteiger partial charge on any atom is -0.478 e. The molecule has 0 saturated heterocycles. The topological polar surface area (TPSA) is 93.4 Å². The quantitative estimate of drug-likeness (QED) is 0.813. The van der Waals surface area contributed by atoms with Crippen LogP contribution in [0, 0.1) is 17.2 Å².